The van der Waals surface area contributed by atoms with E-state index in [-0.39, 0.29) is 0 Å². The lowest BCUT2D eigenvalue weighted by Crippen LogP contribution is -1.93. The number of aliphatic imine (C=N–C) groups is 1. The molecule has 0 saturated heterocycles. The number of nitrogens with zero attached hydrogens (tertiary/aromatic N) is 1. The van der Waals surface area contributed by atoms with Crippen LogP contribution in [0.25, 0.3) is 5.57 Å². The number of para-hydroxylation sites is 1. The third-order valence-corrected chi connectivity index (χ3v) is 1.95. The Morgan fingerprint density at radius 1 is 1.25 bits per heavy atom. The molecule has 0 amide bonds. The van der Waals surface area contributed by atoms with Gasteiger partial charge < -0.3 is 5.73 Å². The molecule has 1 aromatic rings. The van der Waals surface area contributed by atoms with Gasteiger partial charge in [-0.05, 0) is 17.7 Å². The van der Waals surface area contributed by atoms with Crippen LogP contribution in [0.2, 0.25) is 0 Å². The first kappa shape index (κ1) is 7.10. The van der Waals surface area contributed by atoms with E-state index in [1.54, 1.807) is 0 Å². The van der Waals surface area contributed by atoms with Gasteiger partial charge in [-0.15, -0.1) is 0 Å². The van der Waals surface area contributed by atoms with Crippen molar-refractivity contribution in [3.8, 4) is 0 Å². The summed E-state index contributed by atoms with van der Waals surface area (Å²) in [6, 6.07) is 7.87. The van der Waals surface area contributed by atoms with E-state index < -0.39 is 0 Å². The highest BCUT2D eigenvalue weighted by Gasteiger charge is 2.05. The van der Waals surface area contributed by atoms with Crippen molar-refractivity contribution in [2.24, 2.45) is 4.99 Å². The fraction of sp³-hybridized carbons (Fsp3) is 0.100. The molecule has 2 heteroatoms. The molecule has 2 rings (SSSR count). The molecule has 0 aromatic heterocycles. The summed E-state index contributed by atoms with van der Waals surface area (Å²) in [5, 5.41) is 0. The molecule has 0 unspecified atom stereocenters. The zero-order valence-corrected chi connectivity index (χ0v) is 6.70. The highest BCUT2D eigenvalue weighted by Crippen LogP contribution is 2.22. The second-order valence-electron chi connectivity index (χ2n) is 2.77. The van der Waals surface area contributed by atoms with Crippen molar-refractivity contribution in [1.82, 2.24) is 0 Å². The molecule has 0 aliphatic carbocycles. The van der Waals surface area contributed by atoms with Crippen LogP contribution in [0, 0.1) is 0 Å². The van der Waals surface area contributed by atoms with E-state index in [4.69, 9.17) is 5.73 Å². The van der Waals surface area contributed by atoms with Gasteiger partial charge in [0.15, 0.2) is 0 Å². The van der Waals surface area contributed by atoms with Crippen LogP contribution in [0.3, 0.4) is 0 Å². The summed E-state index contributed by atoms with van der Waals surface area (Å²) in [6.07, 6.45) is 3.83. The van der Waals surface area contributed by atoms with Crippen LogP contribution in [0.4, 0.5) is 5.69 Å². The van der Waals surface area contributed by atoms with Crippen LogP contribution < -0.4 is 5.73 Å². The molecule has 0 radical (unpaired) electrons. The van der Waals surface area contributed by atoms with Gasteiger partial charge in [0.05, 0.1) is 6.54 Å². The minimum absolute atomic E-state index is 0.758. The Morgan fingerprint density at radius 2 is 2.08 bits per heavy atom. The van der Waals surface area contributed by atoms with Gasteiger partial charge >= 0.3 is 0 Å². The number of hydrogen-bond acceptors (Lipinski definition) is 2. The number of hydrogen-bond donors (Lipinski definition) is 1. The number of rotatable bonds is 1. The monoisotopic (exact) mass is 158 g/mol. The third kappa shape index (κ3) is 1.11. The van der Waals surface area contributed by atoms with Crippen LogP contribution in [0.5, 0.6) is 0 Å². The Hall–Kier alpha value is -1.57. The van der Waals surface area contributed by atoms with E-state index in [0.717, 1.165) is 17.8 Å². The van der Waals surface area contributed by atoms with Gasteiger partial charge in [0.1, 0.15) is 0 Å². The normalized spacial score (nSPS) is 14.8. The summed E-state index contributed by atoms with van der Waals surface area (Å²) in [7, 11) is 0. The van der Waals surface area contributed by atoms with Crippen LogP contribution in [-0.4, -0.2) is 12.8 Å². The molecule has 1 aliphatic rings. The summed E-state index contributed by atoms with van der Waals surface area (Å²) < 4.78 is 0. The second kappa shape index (κ2) is 2.81. The van der Waals surface area contributed by atoms with Crippen LogP contribution >= 0.6 is 0 Å². The van der Waals surface area contributed by atoms with Crippen LogP contribution in [-0.2, 0) is 0 Å². The highest BCUT2D eigenvalue weighted by atomic mass is 14.7. The molecular weight excluding hydrogens is 148 g/mol. The third-order valence-electron chi connectivity index (χ3n) is 1.95. The molecule has 0 spiro atoms. The predicted octanol–water partition coefficient (Wildman–Crippen LogP) is 1.74. The average molecular weight is 158 g/mol. The number of benzene rings is 1. The molecule has 2 N–H and O–H groups in total. The SMILES string of the molecule is Nc1ccccc1C1=CC=NC1. The standard InChI is InChI=1S/C10H10N2/c11-10-4-2-1-3-9(10)8-5-6-12-7-8/h1-6H,7,11H2. The van der Waals surface area contributed by atoms with Crippen molar-refractivity contribution in [3.05, 3.63) is 35.9 Å². The summed E-state index contributed by atoms with van der Waals surface area (Å²) >= 11 is 0. The minimum atomic E-state index is 0.758. The first-order valence-electron chi connectivity index (χ1n) is 3.92. The van der Waals surface area contributed by atoms with Crippen molar-refractivity contribution >= 4 is 17.5 Å². The number of nitrogen functional groups attached to an aromatic ring is 1. The summed E-state index contributed by atoms with van der Waals surface area (Å²) in [5.74, 6) is 0. The minimum Gasteiger partial charge on any atom is -0.398 e. The second-order valence-corrected chi connectivity index (χ2v) is 2.77. The summed E-state index contributed by atoms with van der Waals surface area (Å²) in [5.41, 5.74) is 8.94. The molecule has 0 fully saturated rings. The van der Waals surface area contributed by atoms with Crippen LogP contribution in [0.15, 0.2) is 35.3 Å². The first-order chi connectivity index (χ1) is 5.88. The smallest absolute Gasteiger partial charge is 0.0646 e. The topological polar surface area (TPSA) is 38.4 Å². The average Bonchev–Trinajstić information content (AvgIpc) is 2.57. The molecular formula is C10H10N2. The lowest BCUT2D eigenvalue weighted by molar-refractivity contribution is 1.30. The molecule has 0 bridgehead atoms. The maximum Gasteiger partial charge on any atom is 0.0646 e. The zero-order valence-electron chi connectivity index (χ0n) is 6.70. The molecule has 2 nitrogen and oxygen atoms in total. The number of anilines is 1. The van der Waals surface area contributed by atoms with Crippen LogP contribution in [0.1, 0.15) is 5.56 Å². The summed E-state index contributed by atoms with van der Waals surface area (Å²) in [4.78, 5) is 4.11. The Bertz CT molecular complexity index is 351. The Labute approximate surface area is 71.4 Å². The maximum absolute atomic E-state index is 5.80. The van der Waals surface area contributed by atoms with E-state index in [2.05, 4.69) is 4.99 Å². The number of nitrogens with two attached hydrogens (primary N) is 1. The first-order valence-corrected chi connectivity index (χ1v) is 3.92. The molecule has 0 saturated carbocycles. The molecule has 0 atom stereocenters. The van der Waals surface area contributed by atoms with Crippen molar-refractivity contribution in [3.63, 3.8) is 0 Å². The van der Waals surface area contributed by atoms with Crippen molar-refractivity contribution in [2.45, 2.75) is 0 Å². The van der Waals surface area contributed by atoms with E-state index in [0.29, 0.717) is 0 Å². The van der Waals surface area contributed by atoms with E-state index >= 15 is 0 Å². The molecule has 60 valence electrons. The van der Waals surface area contributed by atoms with Gasteiger partial charge in [0.25, 0.3) is 0 Å². The van der Waals surface area contributed by atoms with Gasteiger partial charge in [0, 0.05) is 17.5 Å². The molecule has 1 aliphatic heterocycles. The van der Waals surface area contributed by atoms with E-state index in [1.807, 2.05) is 36.6 Å². The van der Waals surface area contributed by atoms with Crippen molar-refractivity contribution in [1.29, 1.82) is 0 Å². The number of allylic oxidation sites excluding steroid dienone is 1. The summed E-state index contributed by atoms with van der Waals surface area (Å²) in [6.45, 7) is 0.758. The lowest BCUT2D eigenvalue weighted by atomic mass is 10.1. The fourth-order valence-electron chi connectivity index (χ4n) is 1.31. The van der Waals surface area contributed by atoms with Gasteiger partial charge in [-0.25, -0.2) is 0 Å². The molecule has 1 heterocycles. The zero-order chi connectivity index (χ0) is 8.39. The highest BCUT2D eigenvalue weighted by molar-refractivity contribution is 5.92. The largest absolute Gasteiger partial charge is 0.398 e. The van der Waals surface area contributed by atoms with Gasteiger partial charge in [-0.2, -0.15) is 0 Å². The Balaban J connectivity index is 2.40. The van der Waals surface area contributed by atoms with E-state index in [1.165, 1.54) is 5.57 Å². The Kier molecular flexibility index (Phi) is 1.67. The van der Waals surface area contributed by atoms with Gasteiger partial charge in [-0.3, -0.25) is 4.99 Å². The van der Waals surface area contributed by atoms with Gasteiger partial charge in [-0.1, -0.05) is 18.2 Å². The lowest BCUT2D eigenvalue weighted by Gasteiger charge is -2.04. The van der Waals surface area contributed by atoms with E-state index in [9.17, 15) is 0 Å². The Morgan fingerprint density at radius 3 is 2.75 bits per heavy atom. The predicted molar refractivity (Wildman–Crippen MR) is 52.2 cm³/mol. The molecule has 12 heavy (non-hydrogen) atoms. The quantitative estimate of drug-likeness (QED) is 0.621. The molecule has 1 aromatic carbocycles. The fourth-order valence-corrected chi connectivity index (χ4v) is 1.31. The van der Waals surface area contributed by atoms with Gasteiger partial charge in [0.2, 0.25) is 0 Å². The maximum atomic E-state index is 5.80. The van der Waals surface area contributed by atoms with Crippen molar-refractivity contribution in [2.75, 3.05) is 12.3 Å². The van der Waals surface area contributed by atoms with Crippen molar-refractivity contribution < 1.29 is 0 Å².